The number of imidazole rings is 1. The van der Waals surface area contributed by atoms with Crippen molar-refractivity contribution in [3.05, 3.63) is 70.2 Å². The van der Waals surface area contributed by atoms with Gasteiger partial charge in [0.05, 0.1) is 12.7 Å². The number of hydrogen-bond acceptors (Lipinski definition) is 3. The lowest BCUT2D eigenvalue weighted by Crippen LogP contribution is -2.25. The quantitative estimate of drug-likeness (QED) is 0.745. The highest BCUT2D eigenvalue weighted by Crippen LogP contribution is 2.26. The van der Waals surface area contributed by atoms with Gasteiger partial charge in [-0.1, -0.05) is 30.3 Å². The van der Waals surface area contributed by atoms with Crippen LogP contribution in [0.1, 0.15) is 35.8 Å². The minimum absolute atomic E-state index is 0.0182. The average Bonchev–Trinajstić information content (AvgIpc) is 3.04. The van der Waals surface area contributed by atoms with Crippen molar-refractivity contribution in [3.8, 4) is 0 Å². The number of benzene rings is 1. The zero-order chi connectivity index (χ0) is 16.5. The van der Waals surface area contributed by atoms with Gasteiger partial charge in [-0.2, -0.15) is 0 Å². The summed E-state index contributed by atoms with van der Waals surface area (Å²) in [7, 11) is 0. The Morgan fingerprint density at radius 2 is 1.96 bits per heavy atom. The van der Waals surface area contributed by atoms with Crippen molar-refractivity contribution in [2.24, 2.45) is 0 Å². The lowest BCUT2D eigenvalue weighted by Gasteiger charge is -2.21. The van der Waals surface area contributed by atoms with Crippen molar-refractivity contribution < 1.29 is 4.74 Å². The molecule has 0 aliphatic carbocycles. The summed E-state index contributed by atoms with van der Waals surface area (Å²) in [4.78, 5) is 17.5. The molecule has 1 aromatic carbocycles. The fourth-order valence-corrected chi connectivity index (χ4v) is 3.44. The molecule has 5 nitrogen and oxygen atoms in total. The Labute approximate surface area is 140 Å². The number of nitrogens with zero attached hydrogens (tertiary/aromatic N) is 3. The first kappa shape index (κ1) is 15.1. The molecule has 4 rings (SSSR count). The largest absolute Gasteiger partial charge is 0.381 e. The summed E-state index contributed by atoms with van der Waals surface area (Å²) in [5, 5.41) is 0. The van der Waals surface area contributed by atoms with Crippen molar-refractivity contribution in [2.75, 3.05) is 13.2 Å². The third-order valence-electron chi connectivity index (χ3n) is 4.80. The highest BCUT2D eigenvalue weighted by molar-refractivity contribution is 5.45. The molecular formula is C19H21N3O2. The number of aryl methyl sites for hydroxylation is 1. The molecule has 0 atom stereocenters. The van der Waals surface area contributed by atoms with E-state index in [1.54, 1.807) is 6.20 Å². The number of ether oxygens (including phenoxy) is 1. The first-order valence-electron chi connectivity index (χ1n) is 8.43. The maximum Gasteiger partial charge on any atom is 0.276 e. The highest BCUT2D eigenvalue weighted by Gasteiger charge is 2.21. The molecule has 1 aliphatic rings. The van der Waals surface area contributed by atoms with E-state index < -0.39 is 0 Å². The first-order valence-corrected chi connectivity index (χ1v) is 8.43. The highest BCUT2D eigenvalue weighted by atomic mass is 16.5. The molecule has 1 saturated heterocycles. The summed E-state index contributed by atoms with van der Waals surface area (Å²) in [5.41, 5.74) is 2.74. The van der Waals surface area contributed by atoms with Gasteiger partial charge in [-0.05, 0) is 25.3 Å². The molecular weight excluding hydrogens is 302 g/mol. The molecule has 3 heterocycles. The van der Waals surface area contributed by atoms with E-state index in [0.717, 1.165) is 43.1 Å². The summed E-state index contributed by atoms with van der Waals surface area (Å²) in [5.74, 6) is 1.35. The Hall–Kier alpha value is -2.40. The van der Waals surface area contributed by atoms with Gasteiger partial charge in [0.1, 0.15) is 11.3 Å². The van der Waals surface area contributed by atoms with Gasteiger partial charge in [-0.25, -0.2) is 4.98 Å². The van der Waals surface area contributed by atoms with E-state index in [9.17, 15) is 4.79 Å². The van der Waals surface area contributed by atoms with E-state index in [0.29, 0.717) is 18.0 Å². The van der Waals surface area contributed by atoms with E-state index in [2.05, 4.69) is 4.98 Å². The van der Waals surface area contributed by atoms with Crippen molar-refractivity contribution in [2.45, 2.75) is 32.2 Å². The number of fused-ring (bicyclic) bond motifs is 1. The maximum absolute atomic E-state index is 12.9. The van der Waals surface area contributed by atoms with Crippen molar-refractivity contribution in [1.29, 1.82) is 0 Å². The molecule has 0 radical (unpaired) electrons. The minimum atomic E-state index is 0.0182. The van der Waals surface area contributed by atoms with Crippen molar-refractivity contribution >= 4 is 5.52 Å². The molecule has 0 N–H and O–H groups in total. The monoisotopic (exact) mass is 323 g/mol. The molecule has 1 aliphatic heterocycles. The Morgan fingerprint density at radius 3 is 2.71 bits per heavy atom. The molecule has 0 amide bonds. The van der Waals surface area contributed by atoms with Crippen LogP contribution in [0.15, 0.2) is 47.5 Å². The molecule has 0 unspecified atom stereocenters. The third-order valence-corrected chi connectivity index (χ3v) is 4.80. The predicted molar refractivity (Wildman–Crippen MR) is 92.5 cm³/mol. The van der Waals surface area contributed by atoms with E-state index in [-0.39, 0.29) is 5.56 Å². The zero-order valence-corrected chi connectivity index (χ0v) is 13.8. The SMILES string of the molecule is Cc1cn2c(C3CCOCC3)ncc2c(=O)n1Cc1ccccc1. The van der Waals surface area contributed by atoms with Gasteiger partial charge in [0, 0.05) is 31.0 Å². The van der Waals surface area contributed by atoms with E-state index in [4.69, 9.17) is 4.74 Å². The number of rotatable bonds is 3. The van der Waals surface area contributed by atoms with Crippen LogP contribution in [-0.4, -0.2) is 27.2 Å². The second-order valence-corrected chi connectivity index (χ2v) is 6.41. The van der Waals surface area contributed by atoms with Crippen molar-refractivity contribution in [3.63, 3.8) is 0 Å². The number of hydrogen-bond donors (Lipinski definition) is 0. The molecule has 0 spiro atoms. The van der Waals surface area contributed by atoms with Gasteiger partial charge in [-0.15, -0.1) is 0 Å². The van der Waals surface area contributed by atoms with Crippen molar-refractivity contribution in [1.82, 2.24) is 14.0 Å². The van der Waals surface area contributed by atoms with Gasteiger partial charge in [0.15, 0.2) is 0 Å². The Bertz CT molecular complexity index is 906. The fraction of sp³-hybridized carbons (Fsp3) is 0.368. The molecule has 24 heavy (non-hydrogen) atoms. The summed E-state index contributed by atoms with van der Waals surface area (Å²) in [6.07, 6.45) is 5.68. The Morgan fingerprint density at radius 1 is 1.21 bits per heavy atom. The van der Waals surface area contributed by atoms with Gasteiger partial charge >= 0.3 is 0 Å². The van der Waals surface area contributed by atoms with Crippen LogP contribution in [0.2, 0.25) is 0 Å². The van der Waals surface area contributed by atoms with Gasteiger partial charge in [0.25, 0.3) is 5.56 Å². The lowest BCUT2D eigenvalue weighted by molar-refractivity contribution is 0.0835. The summed E-state index contributed by atoms with van der Waals surface area (Å²) >= 11 is 0. The predicted octanol–water partition coefficient (Wildman–Crippen LogP) is 2.75. The molecule has 3 aromatic rings. The number of aromatic nitrogens is 3. The van der Waals surface area contributed by atoms with Crippen LogP contribution in [0.5, 0.6) is 0 Å². The zero-order valence-electron chi connectivity index (χ0n) is 13.8. The van der Waals surface area contributed by atoms with E-state index >= 15 is 0 Å². The molecule has 1 fully saturated rings. The third kappa shape index (κ3) is 2.65. The van der Waals surface area contributed by atoms with E-state index in [1.165, 1.54) is 0 Å². The van der Waals surface area contributed by atoms with Crippen LogP contribution in [0.4, 0.5) is 0 Å². The van der Waals surface area contributed by atoms with Crippen LogP contribution in [0.3, 0.4) is 0 Å². The van der Waals surface area contributed by atoms with Crippen LogP contribution in [0.25, 0.3) is 5.52 Å². The van der Waals surface area contributed by atoms with Gasteiger partial charge in [0.2, 0.25) is 0 Å². The Kier molecular flexibility index (Phi) is 3.94. The maximum atomic E-state index is 12.9. The minimum Gasteiger partial charge on any atom is -0.381 e. The summed E-state index contributed by atoms with van der Waals surface area (Å²) in [6.45, 7) is 4.10. The second-order valence-electron chi connectivity index (χ2n) is 6.41. The van der Waals surface area contributed by atoms with Gasteiger partial charge < -0.3 is 9.30 Å². The van der Waals surface area contributed by atoms with Crippen LogP contribution in [-0.2, 0) is 11.3 Å². The van der Waals surface area contributed by atoms with E-state index in [1.807, 2.05) is 52.4 Å². The molecule has 0 bridgehead atoms. The van der Waals surface area contributed by atoms with Crippen LogP contribution >= 0.6 is 0 Å². The first-order chi connectivity index (χ1) is 11.7. The van der Waals surface area contributed by atoms with Gasteiger partial charge in [-0.3, -0.25) is 9.20 Å². The molecule has 2 aromatic heterocycles. The lowest BCUT2D eigenvalue weighted by atomic mass is 10.00. The van der Waals surface area contributed by atoms with Crippen LogP contribution < -0.4 is 5.56 Å². The average molecular weight is 323 g/mol. The topological polar surface area (TPSA) is 48.5 Å². The van der Waals surface area contributed by atoms with Crippen LogP contribution in [0, 0.1) is 6.92 Å². The summed E-state index contributed by atoms with van der Waals surface area (Å²) < 4.78 is 9.24. The smallest absolute Gasteiger partial charge is 0.276 e. The second kappa shape index (κ2) is 6.24. The fourth-order valence-electron chi connectivity index (χ4n) is 3.44. The molecule has 124 valence electrons. The molecule has 0 saturated carbocycles. The standard InChI is InChI=1S/C19H21N3O2/c1-14-12-22-17(11-20-18(22)16-7-9-24-10-8-16)19(23)21(14)13-15-5-3-2-4-6-15/h2-6,11-12,16H,7-10,13H2,1H3. The normalized spacial score (nSPS) is 15.9. The molecule has 5 heteroatoms. The summed E-state index contributed by atoms with van der Waals surface area (Å²) in [6, 6.07) is 10.1. The Balaban J connectivity index is 1.77.